The van der Waals surface area contributed by atoms with Crippen LogP contribution < -0.4 is 10.5 Å². The van der Waals surface area contributed by atoms with Gasteiger partial charge in [-0.25, -0.2) is 0 Å². The van der Waals surface area contributed by atoms with Crippen molar-refractivity contribution in [2.75, 3.05) is 0 Å². The van der Waals surface area contributed by atoms with Crippen LogP contribution in [0.5, 0.6) is 17.2 Å². The number of carbonyl (C=O) groups excluding carboxylic acids is 3. The number of phenols is 2. The summed E-state index contributed by atoms with van der Waals surface area (Å²) in [6, 6.07) is 6.76. The number of rotatable bonds is 2. The molecule has 5 rings (SSSR count). The number of hydrogen-bond donors (Lipinski definition) is 3. The van der Waals surface area contributed by atoms with E-state index in [-0.39, 0.29) is 29.1 Å². The average molecular weight is 465 g/mol. The van der Waals surface area contributed by atoms with E-state index in [4.69, 9.17) is 22.1 Å². The number of carbonyl (C=O) groups is 3. The van der Waals surface area contributed by atoms with Crippen LogP contribution in [0.3, 0.4) is 0 Å². The van der Waals surface area contributed by atoms with Gasteiger partial charge in [-0.15, -0.1) is 0 Å². The van der Waals surface area contributed by atoms with Gasteiger partial charge < -0.3 is 25.6 Å². The lowest BCUT2D eigenvalue weighted by Gasteiger charge is -2.34. The lowest BCUT2D eigenvalue weighted by molar-refractivity contribution is -0.114. The van der Waals surface area contributed by atoms with Gasteiger partial charge in [-0.1, -0.05) is 29.8 Å². The molecule has 33 heavy (non-hydrogen) atoms. The van der Waals surface area contributed by atoms with Gasteiger partial charge in [0, 0.05) is 22.7 Å². The van der Waals surface area contributed by atoms with Crippen LogP contribution >= 0.6 is 11.6 Å². The molecule has 0 bridgehead atoms. The fourth-order valence-electron chi connectivity index (χ4n) is 4.29. The number of aromatic hydroxyl groups is 2. The highest BCUT2D eigenvalue weighted by molar-refractivity contribution is 6.30. The first kappa shape index (κ1) is 20.8. The van der Waals surface area contributed by atoms with Gasteiger partial charge in [0.1, 0.15) is 22.9 Å². The molecule has 1 heterocycles. The summed E-state index contributed by atoms with van der Waals surface area (Å²) in [5.74, 6) is -2.74. The molecule has 0 spiro atoms. The molecule has 2 aromatic rings. The maximum absolute atomic E-state index is 13.6. The van der Waals surface area contributed by atoms with Crippen molar-refractivity contribution < 1.29 is 29.3 Å². The number of phenolic OH excluding ortho intramolecular Hbond substituents is 2. The zero-order valence-electron chi connectivity index (χ0n) is 17.0. The summed E-state index contributed by atoms with van der Waals surface area (Å²) in [4.78, 5) is 40.2. The summed E-state index contributed by atoms with van der Waals surface area (Å²) in [5, 5.41) is 21.1. The highest BCUT2D eigenvalue weighted by Crippen LogP contribution is 2.43. The summed E-state index contributed by atoms with van der Waals surface area (Å²) in [6.07, 6.45) is 5.27. The van der Waals surface area contributed by atoms with Crippen LogP contribution in [0, 0.1) is 0 Å². The van der Waals surface area contributed by atoms with Crippen molar-refractivity contribution in [3.05, 3.63) is 87.3 Å². The molecule has 1 unspecified atom stereocenters. The van der Waals surface area contributed by atoms with Crippen molar-refractivity contribution >= 4 is 29.1 Å². The van der Waals surface area contributed by atoms with Gasteiger partial charge >= 0.3 is 0 Å². The fraction of sp³-hybridized carbons (Fsp3) is 0.125. The molecule has 1 aliphatic heterocycles. The summed E-state index contributed by atoms with van der Waals surface area (Å²) in [6.45, 7) is 0.164. The highest BCUT2D eigenvalue weighted by Gasteiger charge is 2.43. The van der Waals surface area contributed by atoms with Crippen molar-refractivity contribution in [2.24, 2.45) is 5.73 Å². The van der Waals surface area contributed by atoms with Crippen LogP contribution in [0.15, 0.2) is 65.6 Å². The van der Waals surface area contributed by atoms with Gasteiger partial charge in [0.05, 0.1) is 17.2 Å². The van der Waals surface area contributed by atoms with Gasteiger partial charge in [-0.05, 0) is 36.8 Å². The molecule has 0 radical (unpaired) electrons. The average Bonchev–Trinajstić information content (AvgIpc) is 2.96. The molecular formula is C24H17ClN2O6. The zero-order valence-corrected chi connectivity index (χ0v) is 17.8. The largest absolute Gasteiger partial charge is 0.507 e. The van der Waals surface area contributed by atoms with Crippen LogP contribution in [0.4, 0.5) is 0 Å². The Morgan fingerprint density at radius 1 is 1.09 bits per heavy atom. The minimum absolute atomic E-state index is 0.0497. The second-order valence-electron chi connectivity index (χ2n) is 7.86. The molecule has 1 atom stereocenters. The highest BCUT2D eigenvalue weighted by atomic mass is 35.5. The molecule has 0 saturated carbocycles. The van der Waals surface area contributed by atoms with E-state index >= 15 is 0 Å². The smallest absolute Gasteiger partial charge is 0.248 e. The molecule has 9 heteroatoms. The Morgan fingerprint density at radius 3 is 2.42 bits per heavy atom. The minimum atomic E-state index is -0.728. The third-order valence-electron chi connectivity index (χ3n) is 5.88. The Balaban J connectivity index is 1.69. The van der Waals surface area contributed by atoms with Crippen LogP contribution in [-0.4, -0.2) is 38.6 Å². The van der Waals surface area contributed by atoms with E-state index in [9.17, 15) is 24.6 Å². The Hall–Kier alpha value is -4.04. The number of Topliss-reactive ketones (excluding diaryl/α,β-unsaturated/α-hetero) is 2. The maximum Gasteiger partial charge on any atom is 0.248 e. The lowest BCUT2D eigenvalue weighted by Crippen LogP contribution is -2.40. The Labute approximate surface area is 192 Å². The summed E-state index contributed by atoms with van der Waals surface area (Å²) in [5.41, 5.74) is 5.68. The number of ketones is 2. The Kier molecular flexibility index (Phi) is 4.75. The number of allylic oxidation sites excluding steroid dienone is 2. The topological polar surface area (TPSA) is 130 Å². The third-order valence-corrected chi connectivity index (χ3v) is 6.11. The predicted octanol–water partition coefficient (Wildman–Crippen LogP) is 2.98. The third kappa shape index (κ3) is 3.27. The molecule has 2 aromatic carbocycles. The van der Waals surface area contributed by atoms with E-state index in [1.54, 1.807) is 41.3 Å². The van der Waals surface area contributed by atoms with Crippen molar-refractivity contribution in [1.29, 1.82) is 0 Å². The lowest BCUT2D eigenvalue weighted by atomic mass is 9.88. The minimum Gasteiger partial charge on any atom is -0.507 e. The quantitative estimate of drug-likeness (QED) is 0.582. The van der Waals surface area contributed by atoms with E-state index in [0.29, 0.717) is 28.3 Å². The van der Waals surface area contributed by atoms with Crippen molar-refractivity contribution in [3.8, 4) is 17.2 Å². The SMILES string of the molecule is NC(=O)C1=CCC(N2Cc3cc(Cl)ccc3OC3=C2C(=O)c2c(O)ccc(O)c2C3=O)C=C1. The van der Waals surface area contributed by atoms with Gasteiger partial charge in [-0.3, -0.25) is 14.4 Å². The molecular weight excluding hydrogens is 448 g/mol. The molecule has 0 aromatic heterocycles. The number of benzene rings is 2. The second-order valence-corrected chi connectivity index (χ2v) is 8.29. The van der Waals surface area contributed by atoms with Crippen LogP contribution in [0.2, 0.25) is 5.02 Å². The molecule has 8 nitrogen and oxygen atoms in total. The first-order chi connectivity index (χ1) is 15.8. The predicted molar refractivity (Wildman–Crippen MR) is 118 cm³/mol. The number of primary amides is 1. The molecule has 1 amide bonds. The number of nitrogens with zero attached hydrogens (tertiary/aromatic N) is 1. The number of amides is 1. The van der Waals surface area contributed by atoms with Gasteiger partial charge in [0.25, 0.3) is 0 Å². The standard InChI is InChI=1S/C24H17ClN2O6/c25-13-3-8-17-12(9-13)10-27(14-4-1-11(2-5-14)24(26)32)20-21(30)18-15(28)6-7-16(29)19(18)22(31)23(20)33-17/h1-4,6-9,14,28-29H,5,10H2,(H2,26,32). The van der Waals surface area contributed by atoms with Crippen molar-refractivity contribution in [2.45, 2.75) is 19.0 Å². The first-order valence-electron chi connectivity index (χ1n) is 10.1. The number of fused-ring (bicyclic) bond motifs is 2. The molecule has 0 saturated heterocycles. The van der Waals surface area contributed by atoms with Crippen LogP contribution in [0.1, 0.15) is 32.7 Å². The van der Waals surface area contributed by atoms with E-state index in [0.717, 1.165) is 12.1 Å². The summed E-state index contributed by atoms with van der Waals surface area (Å²) >= 11 is 6.18. The van der Waals surface area contributed by atoms with Crippen molar-refractivity contribution in [3.63, 3.8) is 0 Å². The van der Waals surface area contributed by atoms with Gasteiger partial charge in [0.2, 0.25) is 23.2 Å². The summed E-state index contributed by atoms with van der Waals surface area (Å²) < 4.78 is 5.93. The molecule has 2 aliphatic carbocycles. The number of ether oxygens (including phenoxy) is 1. The Bertz CT molecular complexity index is 1360. The maximum atomic E-state index is 13.6. The normalized spacial score (nSPS) is 19.2. The number of halogens is 1. The molecule has 0 fully saturated rings. The zero-order chi connectivity index (χ0) is 23.4. The fourth-order valence-corrected chi connectivity index (χ4v) is 4.48. The molecule has 166 valence electrons. The van der Waals surface area contributed by atoms with E-state index in [1.807, 2.05) is 0 Å². The number of nitrogens with two attached hydrogens (primary N) is 1. The molecule has 3 aliphatic rings. The van der Waals surface area contributed by atoms with E-state index in [1.165, 1.54) is 0 Å². The van der Waals surface area contributed by atoms with E-state index < -0.39 is 35.0 Å². The molecule has 4 N–H and O–H groups in total. The van der Waals surface area contributed by atoms with E-state index in [2.05, 4.69) is 0 Å². The Morgan fingerprint density at radius 2 is 1.79 bits per heavy atom. The van der Waals surface area contributed by atoms with Crippen LogP contribution in [-0.2, 0) is 11.3 Å². The van der Waals surface area contributed by atoms with Gasteiger partial charge in [-0.2, -0.15) is 0 Å². The summed E-state index contributed by atoms with van der Waals surface area (Å²) in [7, 11) is 0. The number of hydrogen-bond acceptors (Lipinski definition) is 7. The van der Waals surface area contributed by atoms with Crippen LogP contribution in [0.25, 0.3) is 0 Å². The second kappa shape index (κ2) is 7.53. The first-order valence-corrected chi connectivity index (χ1v) is 10.4. The van der Waals surface area contributed by atoms with Gasteiger partial charge in [0.15, 0.2) is 0 Å². The monoisotopic (exact) mass is 464 g/mol. The van der Waals surface area contributed by atoms with Crippen molar-refractivity contribution in [1.82, 2.24) is 4.90 Å².